The summed E-state index contributed by atoms with van der Waals surface area (Å²) in [5.41, 5.74) is 1.30. The van der Waals surface area contributed by atoms with Gasteiger partial charge in [0.15, 0.2) is 0 Å². The van der Waals surface area contributed by atoms with Gasteiger partial charge in [0.2, 0.25) is 0 Å². The number of hydrogen-bond donors (Lipinski definition) is 2. The van der Waals surface area contributed by atoms with Gasteiger partial charge in [0.25, 0.3) is 5.56 Å². The SMILES string of the molecule is CCCCCN[C@H](C)c1nc2sc3c(c2c(=O)[nH]1)CC[C@H](C)C3. The molecule has 2 atom stereocenters. The number of unbranched alkanes of at least 4 members (excludes halogenated alkanes) is 2. The fraction of sp³-hybridized carbons (Fsp3) is 0.667. The lowest BCUT2D eigenvalue weighted by molar-refractivity contribution is 0.509. The maximum absolute atomic E-state index is 12.6. The average Bonchev–Trinajstić information content (AvgIpc) is 2.88. The van der Waals surface area contributed by atoms with Gasteiger partial charge in [0.1, 0.15) is 10.7 Å². The van der Waals surface area contributed by atoms with Gasteiger partial charge in [-0.05, 0) is 50.6 Å². The normalized spacial score (nSPS) is 19.0. The number of thiophene rings is 1. The van der Waals surface area contributed by atoms with Crippen molar-refractivity contribution >= 4 is 21.6 Å². The molecule has 0 aromatic carbocycles. The first-order chi connectivity index (χ1) is 11.1. The maximum atomic E-state index is 12.6. The van der Waals surface area contributed by atoms with Crippen LogP contribution in [0.1, 0.15) is 68.8 Å². The summed E-state index contributed by atoms with van der Waals surface area (Å²) in [5, 5.41) is 4.31. The Balaban J connectivity index is 1.85. The first-order valence-corrected chi connectivity index (χ1v) is 9.69. The molecule has 0 amide bonds. The standard InChI is InChI=1S/C18H27N3OS/c1-4-5-6-9-19-12(3)16-20-17(22)15-13-8-7-11(2)10-14(13)23-18(15)21-16/h11-12,19H,4-10H2,1-3H3,(H,20,21,22)/t11-,12+/m0/s1. The fourth-order valence-electron chi connectivity index (χ4n) is 3.36. The van der Waals surface area contributed by atoms with Crippen LogP contribution in [0.25, 0.3) is 10.2 Å². The van der Waals surface area contributed by atoms with Gasteiger partial charge in [-0.3, -0.25) is 4.79 Å². The lowest BCUT2D eigenvalue weighted by Gasteiger charge is -2.17. The van der Waals surface area contributed by atoms with E-state index in [1.54, 1.807) is 11.3 Å². The molecule has 1 aliphatic carbocycles. The van der Waals surface area contributed by atoms with Crippen LogP contribution in [0.15, 0.2) is 4.79 Å². The number of nitrogens with zero attached hydrogens (tertiary/aromatic N) is 1. The van der Waals surface area contributed by atoms with Crippen LogP contribution in [-0.4, -0.2) is 16.5 Å². The van der Waals surface area contributed by atoms with Crippen molar-refractivity contribution in [2.45, 2.75) is 65.3 Å². The Hall–Kier alpha value is -1.20. The van der Waals surface area contributed by atoms with Crippen LogP contribution < -0.4 is 10.9 Å². The van der Waals surface area contributed by atoms with Gasteiger partial charge < -0.3 is 10.3 Å². The predicted molar refractivity (Wildman–Crippen MR) is 97.4 cm³/mol. The summed E-state index contributed by atoms with van der Waals surface area (Å²) < 4.78 is 0. The summed E-state index contributed by atoms with van der Waals surface area (Å²) in [5.74, 6) is 1.49. The molecule has 1 aliphatic rings. The molecule has 2 aromatic heterocycles. The molecule has 23 heavy (non-hydrogen) atoms. The second kappa shape index (κ2) is 7.14. The molecule has 2 N–H and O–H groups in total. The average molecular weight is 334 g/mol. The van der Waals surface area contributed by atoms with E-state index in [0.29, 0.717) is 5.92 Å². The molecule has 0 bridgehead atoms. The highest BCUT2D eigenvalue weighted by atomic mass is 32.1. The van der Waals surface area contributed by atoms with Gasteiger partial charge in [-0.2, -0.15) is 0 Å². The number of aromatic nitrogens is 2. The molecule has 0 radical (unpaired) electrons. The van der Waals surface area contributed by atoms with E-state index in [1.165, 1.54) is 36.1 Å². The first kappa shape index (κ1) is 16.7. The van der Waals surface area contributed by atoms with E-state index in [0.717, 1.165) is 35.4 Å². The molecule has 4 nitrogen and oxygen atoms in total. The summed E-state index contributed by atoms with van der Waals surface area (Å²) in [7, 11) is 0. The summed E-state index contributed by atoms with van der Waals surface area (Å²) in [6.45, 7) is 7.54. The molecule has 2 heterocycles. The van der Waals surface area contributed by atoms with Crippen molar-refractivity contribution in [3.63, 3.8) is 0 Å². The molecule has 0 spiro atoms. The van der Waals surface area contributed by atoms with Crippen molar-refractivity contribution in [2.75, 3.05) is 6.54 Å². The Kier molecular flexibility index (Phi) is 5.17. The molecule has 126 valence electrons. The van der Waals surface area contributed by atoms with Crippen LogP contribution in [0, 0.1) is 5.92 Å². The third-order valence-corrected chi connectivity index (χ3v) is 5.97. The molecular formula is C18H27N3OS. The van der Waals surface area contributed by atoms with Crippen molar-refractivity contribution < 1.29 is 0 Å². The quantitative estimate of drug-likeness (QED) is 0.787. The summed E-state index contributed by atoms with van der Waals surface area (Å²) in [4.78, 5) is 22.7. The zero-order valence-electron chi connectivity index (χ0n) is 14.4. The highest BCUT2D eigenvalue weighted by Crippen LogP contribution is 2.35. The van der Waals surface area contributed by atoms with Crippen LogP contribution >= 0.6 is 11.3 Å². The highest BCUT2D eigenvalue weighted by Gasteiger charge is 2.23. The Bertz CT molecular complexity index is 734. The second-order valence-electron chi connectivity index (χ2n) is 6.87. The van der Waals surface area contributed by atoms with E-state index in [4.69, 9.17) is 4.98 Å². The highest BCUT2D eigenvalue weighted by molar-refractivity contribution is 7.18. The summed E-state index contributed by atoms with van der Waals surface area (Å²) in [6.07, 6.45) is 6.91. The van der Waals surface area contributed by atoms with Crippen molar-refractivity contribution in [1.82, 2.24) is 15.3 Å². The van der Waals surface area contributed by atoms with E-state index in [-0.39, 0.29) is 11.6 Å². The van der Waals surface area contributed by atoms with E-state index in [1.807, 2.05) is 0 Å². The van der Waals surface area contributed by atoms with Gasteiger partial charge in [-0.1, -0.05) is 26.7 Å². The lowest BCUT2D eigenvalue weighted by Crippen LogP contribution is -2.24. The molecule has 3 rings (SSSR count). The van der Waals surface area contributed by atoms with Gasteiger partial charge in [-0.25, -0.2) is 4.98 Å². The molecule has 5 heteroatoms. The van der Waals surface area contributed by atoms with Gasteiger partial charge in [0.05, 0.1) is 11.4 Å². The van der Waals surface area contributed by atoms with Crippen LogP contribution in [0.5, 0.6) is 0 Å². The largest absolute Gasteiger partial charge is 0.309 e. The molecule has 2 aromatic rings. The molecule has 0 saturated heterocycles. The van der Waals surface area contributed by atoms with Crippen molar-refractivity contribution in [3.05, 3.63) is 26.6 Å². The van der Waals surface area contributed by atoms with Crippen LogP contribution in [-0.2, 0) is 12.8 Å². The molecule has 0 saturated carbocycles. The second-order valence-corrected chi connectivity index (χ2v) is 7.95. The third-order valence-electron chi connectivity index (χ3n) is 4.82. The fourth-order valence-corrected chi connectivity index (χ4v) is 4.75. The Morgan fingerprint density at radius 3 is 3.04 bits per heavy atom. The minimum Gasteiger partial charge on any atom is -0.309 e. The van der Waals surface area contributed by atoms with E-state index >= 15 is 0 Å². The van der Waals surface area contributed by atoms with Crippen LogP contribution in [0.2, 0.25) is 0 Å². The molecular weight excluding hydrogens is 306 g/mol. The topological polar surface area (TPSA) is 57.8 Å². The summed E-state index contributed by atoms with van der Waals surface area (Å²) >= 11 is 1.72. The first-order valence-electron chi connectivity index (χ1n) is 8.88. The minimum absolute atomic E-state index is 0.0410. The van der Waals surface area contributed by atoms with E-state index < -0.39 is 0 Å². The Morgan fingerprint density at radius 2 is 2.26 bits per heavy atom. The molecule has 0 unspecified atom stereocenters. The third kappa shape index (κ3) is 3.50. The number of nitrogens with one attached hydrogen (secondary N) is 2. The van der Waals surface area contributed by atoms with Crippen molar-refractivity contribution in [2.24, 2.45) is 5.92 Å². The lowest BCUT2D eigenvalue weighted by atomic mass is 9.89. The van der Waals surface area contributed by atoms with Crippen molar-refractivity contribution in [1.29, 1.82) is 0 Å². The summed E-state index contributed by atoms with van der Waals surface area (Å²) in [6, 6.07) is 0.0852. The zero-order chi connectivity index (χ0) is 16.4. The number of aryl methyl sites for hydroxylation is 1. The monoisotopic (exact) mass is 333 g/mol. The van der Waals surface area contributed by atoms with Gasteiger partial charge in [-0.15, -0.1) is 11.3 Å². The van der Waals surface area contributed by atoms with E-state index in [2.05, 4.69) is 31.1 Å². The van der Waals surface area contributed by atoms with Gasteiger partial charge in [0, 0.05) is 4.88 Å². The zero-order valence-corrected chi connectivity index (χ0v) is 15.2. The number of H-pyrrole nitrogens is 1. The van der Waals surface area contributed by atoms with Crippen molar-refractivity contribution in [3.8, 4) is 0 Å². The number of rotatable bonds is 6. The van der Waals surface area contributed by atoms with Crippen LogP contribution in [0.3, 0.4) is 0 Å². The molecule has 0 aliphatic heterocycles. The number of hydrogen-bond acceptors (Lipinski definition) is 4. The maximum Gasteiger partial charge on any atom is 0.259 e. The minimum atomic E-state index is 0.0410. The number of fused-ring (bicyclic) bond motifs is 3. The van der Waals surface area contributed by atoms with Gasteiger partial charge >= 0.3 is 0 Å². The van der Waals surface area contributed by atoms with Crippen LogP contribution in [0.4, 0.5) is 0 Å². The smallest absolute Gasteiger partial charge is 0.259 e. The Morgan fingerprint density at radius 1 is 1.43 bits per heavy atom. The van der Waals surface area contributed by atoms with E-state index in [9.17, 15) is 4.79 Å². The predicted octanol–water partition coefficient (Wildman–Crippen LogP) is 3.95. The molecule has 0 fully saturated rings. The Labute approximate surface area is 141 Å². The number of aromatic amines is 1.